The van der Waals surface area contributed by atoms with Crippen molar-refractivity contribution in [3.63, 3.8) is 0 Å². The number of aryl methyl sites for hydroxylation is 1. The second-order valence-corrected chi connectivity index (χ2v) is 5.12. The van der Waals surface area contributed by atoms with Crippen LogP contribution < -0.4 is 10.2 Å². The normalized spacial score (nSPS) is 19.6. The lowest BCUT2D eigenvalue weighted by molar-refractivity contribution is 0.0529. The Bertz CT molecular complexity index is 436. The molecular weight excluding hydrogens is 240 g/mol. The van der Waals surface area contributed by atoms with Gasteiger partial charge in [-0.05, 0) is 27.2 Å². The van der Waals surface area contributed by atoms with Crippen LogP contribution in [0.2, 0.25) is 0 Å². The van der Waals surface area contributed by atoms with E-state index in [0.717, 1.165) is 55.7 Å². The molecule has 0 aromatic carbocycles. The van der Waals surface area contributed by atoms with E-state index < -0.39 is 0 Å². The SMILES string of the molecule is CCCNc1nc(C)nc(N2CCOC(C)C2)c1C. The summed E-state index contributed by atoms with van der Waals surface area (Å²) in [6.45, 7) is 11.8. The van der Waals surface area contributed by atoms with Gasteiger partial charge in [0.25, 0.3) is 0 Å². The summed E-state index contributed by atoms with van der Waals surface area (Å²) in [7, 11) is 0. The summed E-state index contributed by atoms with van der Waals surface area (Å²) in [5.74, 6) is 2.82. The molecule has 106 valence electrons. The molecule has 0 saturated carbocycles. The van der Waals surface area contributed by atoms with Crippen LogP contribution in [0.15, 0.2) is 0 Å². The number of hydrogen-bond donors (Lipinski definition) is 1. The first-order valence-electron chi connectivity index (χ1n) is 7.07. The molecule has 0 radical (unpaired) electrons. The summed E-state index contributed by atoms with van der Waals surface area (Å²) in [5, 5.41) is 3.39. The zero-order chi connectivity index (χ0) is 13.8. The summed E-state index contributed by atoms with van der Waals surface area (Å²) in [5.41, 5.74) is 1.13. The molecule has 0 bridgehead atoms. The van der Waals surface area contributed by atoms with Crippen LogP contribution in [-0.2, 0) is 4.74 Å². The van der Waals surface area contributed by atoms with Gasteiger partial charge in [-0.1, -0.05) is 6.92 Å². The lowest BCUT2D eigenvalue weighted by Crippen LogP contribution is -2.42. The van der Waals surface area contributed by atoms with E-state index in [0.29, 0.717) is 0 Å². The molecule has 1 aliphatic heterocycles. The summed E-state index contributed by atoms with van der Waals surface area (Å²) in [6.07, 6.45) is 1.35. The van der Waals surface area contributed by atoms with Crippen molar-refractivity contribution in [2.75, 3.05) is 36.5 Å². The predicted molar refractivity (Wildman–Crippen MR) is 77.9 cm³/mol. The molecule has 1 unspecified atom stereocenters. The van der Waals surface area contributed by atoms with E-state index in [9.17, 15) is 0 Å². The molecule has 0 aliphatic carbocycles. The van der Waals surface area contributed by atoms with E-state index in [1.54, 1.807) is 0 Å². The molecule has 5 nitrogen and oxygen atoms in total. The van der Waals surface area contributed by atoms with Crippen LogP contribution in [-0.4, -0.2) is 42.3 Å². The van der Waals surface area contributed by atoms with Gasteiger partial charge in [0.1, 0.15) is 17.5 Å². The van der Waals surface area contributed by atoms with E-state index in [2.05, 4.69) is 41.0 Å². The van der Waals surface area contributed by atoms with E-state index in [1.165, 1.54) is 0 Å². The average Bonchev–Trinajstić information content (AvgIpc) is 2.39. The highest BCUT2D eigenvalue weighted by molar-refractivity contribution is 5.58. The largest absolute Gasteiger partial charge is 0.375 e. The zero-order valence-corrected chi connectivity index (χ0v) is 12.4. The van der Waals surface area contributed by atoms with Crippen LogP contribution in [0.25, 0.3) is 0 Å². The summed E-state index contributed by atoms with van der Waals surface area (Å²) in [4.78, 5) is 11.4. The molecule has 2 heterocycles. The number of rotatable bonds is 4. The Kier molecular flexibility index (Phi) is 4.58. The Morgan fingerprint density at radius 2 is 2.16 bits per heavy atom. The molecule has 0 amide bonds. The van der Waals surface area contributed by atoms with Crippen molar-refractivity contribution in [2.45, 2.75) is 40.2 Å². The highest BCUT2D eigenvalue weighted by Crippen LogP contribution is 2.25. The Labute approximate surface area is 115 Å². The van der Waals surface area contributed by atoms with E-state index in [1.807, 2.05) is 6.92 Å². The van der Waals surface area contributed by atoms with Crippen molar-refractivity contribution in [1.29, 1.82) is 0 Å². The molecule has 1 saturated heterocycles. The van der Waals surface area contributed by atoms with Gasteiger partial charge in [0.15, 0.2) is 0 Å². The van der Waals surface area contributed by atoms with Crippen LogP contribution in [0, 0.1) is 13.8 Å². The van der Waals surface area contributed by atoms with E-state index in [-0.39, 0.29) is 6.10 Å². The fraction of sp³-hybridized carbons (Fsp3) is 0.714. The number of aromatic nitrogens is 2. The summed E-state index contributed by atoms with van der Waals surface area (Å²) < 4.78 is 5.59. The van der Waals surface area contributed by atoms with Crippen LogP contribution in [0.1, 0.15) is 31.7 Å². The van der Waals surface area contributed by atoms with E-state index in [4.69, 9.17) is 4.74 Å². The lowest BCUT2D eigenvalue weighted by atomic mass is 10.2. The number of ether oxygens (including phenoxy) is 1. The Morgan fingerprint density at radius 3 is 2.84 bits per heavy atom. The second-order valence-electron chi connectivity index (χ2n) is 5.12. The Hall–Kier alpha value is -1.36. The number of nitrogens with one attached hydrogen (secondary N) is 1. The zero-order valence-electron chi connectivity index (χ0n) is 12.4. The number of morpholine rings is 1. The molecule has 0 spiro atoms. The number of anilines is 2. The molecular formula is C14H24N4O. The van der Waals surface area contributed by atoms with Gasteiger partial charge in [-0.25, -0.2) is 9.97 Å². The Balaban J connectivity index is 2.26. The standard InChI is InChI=1S/C14H24N4O/c1-5-6-15-13-11(3)14(17-12(4)16-13)18-7-8-19-10(2)9-18/h10H,5-9H2,1-4H3,(H,15,16,17). The third-order valence-corrected chi connectivity index (χ3v) is 3.31. The van der Waals surface area contributed by atoms with Crippen LogP contribution in [0.3, 0.4) is 0 Å². The van der Waals surface area contributed by atoms with Gasteiger partial charge in [-0.15, -0.1) is 0 Å². The third kappa shape index (κ3) is 3.35. The first kappa shape index (κ1) is 14.1. The molecule has 1 fully saturated rings. The van der Waals surface area contributed by atoms with Crippen molar-refractivity contribution in [3.05, 3.63) is 11.4 Å². The molecule has 1 aliphatic rings. The molecule has 19 heavy (non-hydrogen) atoms. The van der Waals surface area contributed by atoms with E-state index >= 15 is 0 Å². The molecule has 1 atom stereocenters. The topological polar surface area (TPSA) is 50.3 Å². The fourth-order valence-electron chi connectivity index (χ4n) is 2.35. The maximum atomic E-state index is 5.59. The number of nitrogens with zero attached hydrogens (tertiary/aromatic N) is 3. The lowest BCUT2D eigenvalue weighted by Gasteiger charge is -2.33. The summed E-state index contributed by atoms with van der Waals surface area (Å²) >= 11 is 0. The van der Waals surface area contributed by atoms with Crippen LogP contribution in [0.4, 0.5) is 11.6 Å². The fourth-order valence-corrected chi connectivity index (χ4v) is 2.35. The number of hydrogen-bond acceptors (Lipinski definition) is 5. The van der Waals surface area contributed by atoms with Crippen molar-refractivity contribution >= 4 is 11.6 Å². The first-order valence-corrected chi connectivity index (χ1v) is 7.07. The van der Waals surface area contributed by atoms with Gasteiger partial charge >= 0.3 is 0 Å². The van der Waals surface area contributed by atoms with Gasteiger partial charge in [0, 0.05) is 25.2 Å². The molecule has 1 N–H and O–H groups in total. The molecule has 5 heteroatoms. The van der Waals surface area contributed by atoms with Crippen molar-refractivity contribution in [3.8, 4) is 0 Å². The minimum Gasteiger partial charge on any atom is -0.375 e. The van der Waals surface area contributed by atoms with Crippen LogP contribution in [0.5, 0.6) is 0 Å². The highest BCUT2D eigenvalue weighted by Gasteiger charge is 2.21. The minimum absolute atomic E-state index is 0.260. The molecule has 1 aromatic heterocycles. The van der Waals surface area contributed by atoms with Crippen LogP contribution >= 0.6 is 0 Å². The van der Waals surface area contributed by atoms with Gasteiger partial charge < -0.3 is 15.0 Å². The molecule has 2 rings (SSSR count). The van der Waals surface area contributed by atoms with Gasteiger partial charge in [-0.3, -0.25) is 0 Å². The van der Waals surface area contributed by atoms with Gasteiger partial charge in [0.05, 0.1) is 12.7 Å². The maximum Gasteiger partial charge on any atom is 0.137 e. The first-order chi connectivity index (χ1) is 9.11. The van der Waals surface area contributed by atoms with Crippen molar-refractivity contribution in [1.82, 2.24) is 9.97 Å². The predicted octanol–water partition coefficient (Wildman–Crippen LogP) is 2.14. The van der Waals surface area contributed by atoms with Gasteiger partial charge in [0.2, 0.25) is 0 Å². The van der Waals surface area contributed by atoms with Crippen molar-refractivity contribution < 1.29 is 4.74 Å². The average molecular weight is 264 g/mol. The highest BCUT2D eigenvalue weighted by atomic mass is 16.5. The Morgan fingerprint density at radius 1 is 1.37 bits per heavy atom. The minimum atomic E-state index is 0.260. The third-order valence-electron chi connectivity index (χ3n) is 3.31. The van der Waals surface area contributed by atoms with Gasteiger partial charge in [-0.2, -0.15) is 0 Å². The monoisotopic (exact) mass is 264 g/mol. The smallest absolute Gasteiger partial charge is 0.137 e. The second kappa shape index (κ2) is 6.19. The quantitative estimate of drug-likeness (QED) is 0.903. The summed E-state index contributed by atoms with van der Waals surface area (Å²) in [6, 6.07) is 0. The molecule has 1 aromatic rings. The maximum absolute atomic E-state index is 5.59. The van der Waals surface area contributed by atoms with Crippen molar-refractivity contribution in [2.24, 2.45) is 0 Å².